The van der Waals surface area contributed by atoms with Crippen molar-refractivity contribution >= 4 is 45.7 Å². The lowest BCUT2D eigenvalue weighted by atomic mass is 10.2. The zero-order valence-corrected chi connectivity index (χ0v) is 20.6. The first-order valence-electron chi connectivity index (χ1n) is 11.6. The van der Waals surface area contributed by atoms with E-state index >= 15 is 0 Å². The number of pyridine rings is 1. The number of halogens is 1. The fourth-order valence-electron chi connectivity index (χ4n) is 4.38. The van der Waals surface area contributed by atoms with E-state index < -0.39 is 0 Å². The highest BCUT2D eigenvalue weighted by molar-refractivity contribution is 6.34. The third-order valence-corrected chi connectivity index (χ3v) is 6.74. The van der Waals surface area contributed by atoms with Crippen molar-refractivity contribution in [2.24, 2.45) is 0 Å². The van der Waals surface area contributed by atoms with Crippen LogP contribution in [0, 0.1) is 0 Å². The molecule has 1 fully saturated rings. The third kappa shape index (κ3) is 4.80. The molecule has 35 heavy (non-hydrogen) atoms. The molecule has 1 saturated heterocycles. The number of aromatic nitrogens is 3. The minimum atomic E-state index is 0.0801. The predicted molar refractivity (Wildman–Crippen MR) is 142 cm³/mol. The van der Waals surface area contributed by atoms with E-state index in [1.54, 1.807) is 11.1 Å². The molecular formula is C26H28ClN7O. The fraction of sp³-hybridized carbons (Fsp3) is 0.269. The van der Waals surface area contributed by atoms with Crippen LogP contribution in [-0.2, 0) is 4.79 Å². The zero-order valence-electron chi connectivity index (χ0n) is 19.8. The van der Waals surface area contributed by atoms with Crippen LogP contribution in [-0.4, -0.2) is 72.6 Å². The Morgan fingerprint density at radius 3 is 2.49 bits per heavy atom. The molecule has 9 heteroatoms. The first-order chi connectivity index (χ1) is 17.0. The van der Waals surface area contributed by atoms with Crippen LogP contribution in [0.5, 0.6) is 0 Å². The first-order valence-corrected chi connectivity index (χ1v) is 12.0. The van der Waals surface area contributed by atoms with Crippen LogP contribution in [0.3, 0.4) is 0 Å². The smallest absolute Gasteiger partial charge is 0.240 e. The number of carbonyl (C=O) groups excluding carboxylic acids is 1. The number of imidazole rings is 1. The maximum absolute atomic E-state index is 12.8. The number of anilines is 3. The molecule has 2 aromatic carbocycles. The maximum atomic E-state index is 12.8. The summed E-state index contributed by atoms with van der Waals surface area (Å²) in [5, 5.41) is 3.72. The van der Waals surface area contributed by atoms with Gasteiger partial charge in [-0.25, -0.2) is 9.97 Å². The number of hydrogen-bond acceptors (Lipinski definition) is 6. The second-order valence-electron chi connectivity index (χ2n) is 8.62. The fourth-order valence-corrected chi connectivity index (χ4v) is 4.65. The third-order valence-electron chi connectivity index (χ3n) is 6.46. The molecule has 3 heterocycles. The Bertz CT molecular complexity index is 1320. The van der Waals surface area contributed by atoms with Crippen LogP contribution in [0.25, 0.3) is 22.6 Å². The summed E-state index contributed by atoms with van der Waals surface area (Å²) in [4.78, 5) is 31.5. The molecule has 0 radical (unpaired) electrons. The molecule has 1 aliphatic heterocycles. The minimum absolute atomic E-state index is 0.0801. The number of hydrogen-bond donors (Lipinski definition) is 2. The van der Waals surface area contributed by atoms with Crippen molar-refractivity contribution in [2.75, 3.05) is 61.9 Å². The lowest BCUT2D eigenvalue weighted by Crippen LogP contribution is -2.50. The van der Waals surface area contributed by atoms with Crippen LogP contribution >= 0.6 is 11.6 Å². The minimum Gasteiger partial charge on any atom is -0.388 e. The monoisotopic (exact) mass is 489 g/mol. The zero-order chi connectivity index (χ0) is 24.4. The highest BCUT2D eigenvalue weighted by atomic mass is 35.5. The molecule has 1 amide bonds. The molecular weight excluding hydrogens is 462 g/mol. The number of H-pyrrole nitrogens is 1. The van der Waals surface area contributed by atoms with Gasteiger partial charge >= 0.3 is 0 Å². The van der Waals surface area contributed by atoms with E-state index in [1.165, 1.54) is 0 Å². The maximum Gasteiger partial charge on any atom is 0.240 e. The summed E-state index contributed by atoms with van der Waals surface area (Å²) in [6, 6.07) is 17.8. The summed E-state index contributed by atoms with van der Waals surface area (Å²) < 4.78 is 0. The van der Waals surface area contributed by atoms with Gasteiger partial charge in [0.05, 0.1) is 23.5 Å². The van der Waals surface area contributed by atoms with Gasteiger partial charge in [-0.2, -0.15) is 0 Å². The molecule has 0 unspecified atom stereocenters. The first kappa shape index (κ1) is 23.1. The standard InChI is InChI=1S/C26H28ClN7O/c1-28-19-10-8-18(9-11-19)25-30-23-24(21(27)16-29-26(23)31-25)34-14-12-33(13-15-34)17-22(35)32(2)20-6-4-3-5-7-20/h3-11,16,28H,12-15,17H2,1-2H3,(H,29,30,31). The summed E-state index contributed by atoms with van der Waals surface area (Å²) in [6.07, 6.45) is 1.67. The van der Waals surface area contributed by atoms with Crippen LogP contribution in [0.2, 0.25) is 5.02 Å². The summed E-state index contributed by atoms with van der Waals surface area (Å²) in [5.41, 5.74) is 5.30. The Kier molecular flexibility index (Phi) is 6.57. The molecule has 8 nitrogen and oxygen atoms in total. The summed E-state index contributed by atoms with van der Waals surface area (Å²) in [5.74, 6) is 0.836. The molecule has 5 rings (SSSR count). The number of carbonyl (C=O) groups is 1. The summed E-state index contributed by atoms with van der Waals surface area (Å²) >= 11 is 6.63. The Morgan fingerprint density at radius 1 is 1.09 bits per heavy atom. The Hall–Kier alpha value is -3.62. The van der Waals surface area contributed by atoms with Crippen molar-refractivity contribution in [3.05, 3.63) is 65.8 Å². The van der Waals surface area contributed by atoms with E-state index in [4.69, 9.17) is 16.6 Å². The number of amides is 1. The Balaban J connectivity index is 1.30. The van der Waals surface area contributed by atoms with Gasteiger partial charge in [0.25, 0.3) is 0 Å². The van der Waals surface area contributed by atoms with Gasteiger partial charge in [-0.15, -0.1) is 0 Å². The number of nitrogens with zero attached hydrogens (tertiary/aromatic N) is 5. The number of piperazine rings is 1. The number of nitrogens with one attached hydrogen (secondary N) is 2. The normalized spacial score (nSPS) is 14.3. The van der Waals surface area contributed by atoms with Crippen LogP contribution < -0.4 is 15.1 Å². The molecule has 0 saturated carbocycles. The summed E-state index contributed by atoms with van der Waals surface area (Å²) in [6.45, 7) is 3.43. The van der Waals surface area contributed by atoms with Gasteiger partial charge in [0, 0.05) is 57.2 Å². The van der Waals surface area contributed by atoms with E-state index in [0.717, 1.165) is 60.1 Å². The molecule has 0 atom stereocenters. The van der Waals surface area contributed by atoms with Crippen molar-refractivity contribution in [2.45, 2.75) is 0 Å². The SMILES string of the molecule is CNc1ccc(-c2nc3ncc(Cl)c(N4CCN(CC(=O)N(C)c5ccccc5)CC4)c3[nH]2)cc1. The van der Waals surface area contributed by atoms with Gasteiger partial charge in [-0.3, -0.25) is 9.69 Å². The van der Waals surface area contributed by atoms with Gasteiger partial charge in [-0.1, -0.05) is 29.8 Å². The van der Waals surface area contributed by atoms with Gasteiger partial charge in [0.1, 0.15) is 11.3 Å². The van der Waals surface area contributed by atoms with Gasteiger partial charge < -0.3 is 20.1 Å². The van der Waals surface area contributed by atoms with Gasteiger partial charge in [0.2, 0.25) is 5.91 Å². The summed E-state index contributed by atoms with van der Waals surface area (Å²) in [7, 11) is 3.72. The molecule has 180 valence electrons. The van der Waals surface area contributed by atoms with Crippen LogP contribution in [0.1, 0.15) is 0 Å². The Morgan fingerprint density at radius 2 is 1.80 bits per heavy atom. The number of aromatic amines is 1. The highest BCUT2D eigenvalue weighted by Crippen LogP contribution is 2.34. The average Bonchev–Trinajstić information content (AvgIpc) is 3.33. The van der Waals surface area contributed by atoms with Crippen molar-refractivity contribution in [1.29, 1.82) is 0 Å². The molecule has 2 aromatic heterocycles. The lowest BCUT2D eigenvalue weighted by molar-refractivity contribution is -0.119. The molecule has 4 aromatic rings. The van der Waals surface area contributed by atoms with E-state index in [0.29, 0.717) is 17.2 Å². The van der Waals surface area contributed by atoms with E-state index in [-0.39, 0.29) is 5.91 Å². The largest absolute Gasteiger partial charge is 0.388 e. The number of benzene rings is 2. The van der Waals surface area contributed by atoms with Crippen LogP contribution in [0.15, 0.2) is 60.8 Å². The lowest BCUT2D eigenvalue weighted by Gasteiger charge is -2.36. The van der Waals surface area contributed by atoms with Gasteiger partial charge in [-0.05, 0) is 36.4 Å². The van der Waals surface area contributed by atoms with Crippen molar-refractivity contribution in [1.82, 2.24) is 19.9 Å². The van der Waals surface area contributed by atoms with Crippen LogP contribution in [0.4, 0.5) is 17.1 Å². The van der Waals surface area contributed by atoms with Crippen molar-refractivity contribution in [3.63, 3.8) is 0 Å². The number of para-hydroxylation sites is 1. The predicted octanol–water partition coefficient (Wildman–Crippen LogP) is 4.11. The van der Waals surface area contributed by atoms with Gasteiger partial charge in [0.15, 0.2) is 5.65 Å². The second kappa shape index (κ2) is 9.93. The number of likely N-dealkylation sites (N-methyl/N-ethyl adjacent to an activating group) is 1. The highest BCUT2D eigenvalue weighted by Gasteiger charge is 2.25. The molecule has 2 N–H and O–H groups in total. The quantitative estimate of drug-likeness (QED) is 0.424. The second-order valence-corrected chi connectivity index (χ2v) is 9.02. The number of rotatable bonds is 6. The molecule has 0 aliphatic carbocycles. The van der Waals surface area contributed by atoms with Crippen molar-refractivity contribution in [3.8, 4) is 11.4 Å². The topological polar surface area (TPSA) is 80.4 Å². The van der Waals surface area contributed by atoms with E-state index in [1.807, 2.05) is 68.7 Å². The van der Waals surface area contributed by atoms with E-state index in [2.05, 4.69) is 25.1 Å². The van der Waals surface area contributed by atoms with Crippen molar-refractivity contribution < 1.29 is 4.79 Å². The average molecular weight is 490 g/mol. The van der Waals surface area contributed by atoms with E-state index in [9.17, 15) is 4.79 Å². The number of fused-ring (bicyclic) bond motifs is 1. The molecule has 0 spiro atoms. The molecule has 1 aliphatic rings. The molecule has 0 bridgehead atoms. The Labute approximate surface area is 209 Å².